The van der Waals surface area contributed by atoms with Crippen LogP contribution in [0.2, 0.25) is 0 Å². The molecule has 0 amide bonds. The quantitative estimate of drug-likeness (QED) is 0.609. The van der Waals surface area contributed by atoms with Gasteiger partial charge >= 0.3 is 0 Å². The molecule has 2 N–H and O–H groups in total. The summed E-state index contributed by atoms with van der Waals surface area (Å²) in [5.74, 6) is 3.90. The predicted octanol–water partition coefficient (Wildman–Crippen LogP) is 2.12. The van der Waals surface area contributed by atoms with Crippen LogP contribution in [0.4, 0.5) is 0 Å². The number of ether oxygens (including phenoxy) is 2. The fourth-order valence-electron chi connectivity index (χ4n) is 1.31. The van der Waals surface area contributed by atoms with Gasteiger partial charge in [0, 0.05) is 12.5 Å². The van der Waals surface area contributed by atoms with Crippen LogP contribution in [0.5, 0.6) is 11.5 Å². The monoisotopic (exact) mass is 219 g/mol. The van der Waals surface area contributed by atoms with E-state index in [0.717, 1.165) is 5.56 Å². The molecule has 0 heterocycles. The molecule has 0 aliphatic carbocycles. The van der Waals surface area contributed by atoms with Crippen molar-refractivity contribution in [1.29, 1.82) is 0 Å². The lowest BCUT2D eigenvalue weighted by Crippen LogP contribution is -2.06. The zero-order valence-corrected chi connectivity index (χ0v) is 9.69. The van der Waals surface area contributed by atoms with Crippen molar-refractivity contribution in [1.82, 2.24) is 0 Å². The lowest BCUT2D eigenvalue weighted by Gasteiger charge is -2.12. The van der Waals surface area contributed by atoms with E-state index in [2.05, 4.69) is 5.92 Å². The van der Waals surface area contributed by atoms with E-state index in [1.807, 2.05) is 25.1 Å². The van der Waals surface area contributed by atoms with Crippen molar-refractivity contribution in [2.24, 2.45) is 5.73 Å². The third-order valence-electron chi connectivity index (χ3n) is 2.22. The van der Waals surface area contributed by atoms with Crippen molar-refractivity contribution in [2.45, 2.75) is 19.4 Å². The molecular formula is C13H17NO2. The van der Waals surface area contributed by atoms with Gasteiger partial charge in [-0.25, -0.2) is 0 Å². The number of methoxy groups -OCH3 is 1. The van der Waals surface area contributed by atoms with Crippen LogP contribution in [0, 0.1) is 12.3 Å². The molecule has 1 atom stereocenters. The fourth-order valence-corrected chi connectivity index (χ4v) is 1.31. The second-order valence-electron chi connectivity index (χ2n) is 3.50. The Bertz CT molecular complexity index is 380. The fraction of sp³-hybridized carbons (Fsp3) is 0.385. The molecular weight excluding hydrogens is 202 g/mol. The number of benzene rings is 1. The molecule has 0 saturated heterocycles. The molecule has 3 heteroatoms. The minimum absolute atomic E-state index is 0.0198. The summed E-state index contributed by atoms with van der Waals surface area (Å²) in [4.78, 5) is 0. The maximum Gasteiger partial charge on any atom is 0.161 e. The van der Waals surface area contributed by atoms with Gasteiger partial charge in [0.25, 0.3) is 0 Å². The van der Waals surface area contributed by atoms with E-state index in [0.29, 0.717) is 24.5 Å². The van der Waals surface area contributed by atoms with Crippen molar-refractivity contribution < 1.29 is 9.47 Å². The first-order valence-electron chi connectivity index (χ1n) is 5.18. The van der Waals surface area contributed by atoms with E-state index >= 15 is 0 Å². The largest absolute Gasteiger partial charge is 0.493 e. The first-order valence-corrected chi connectivity index (χ1v) is 5.18. The molecule has 16 heavy (non-hydrogen) atoms. The van der Waals surface area contributed by atoms with Gasteiger partial charge in [-0.1, -0.05) is 6.07 Å². The van der Waals surface area contributed by atoms with Gasteiger partial charge in [-0.3, -0.25) is 0 Å². The van der Waals surface area contributed by atoms with Crippen LogP contribution in [0.1, 0.15) is 24.9 Å². The minimum Gasteiger partial charge on any atom is -0.493 e. The first kappa shape index (κ1) is 12.4. The van der Waals surface area contributed by atoms with E-state index in [-0.39, 0.29) is 6.04 Å². The zero-order valence-electron chi connectivity index (χ0n) is 9.69. The van der Waals surface area contributed by atoms with Crippen molar-refractivity contribution >= 4 is 0 Å². The Kier molecular flexibility index (Phi) is 4.68. The van der Waals surface area contributed by atoms with E-state index in [1.165, 1.54) is 0 Å². The third kappa shape index (κ3) is 3.18. The average molecular weight is 219 g/mol. The maximum absolute atomic E-state index is 5.79. The Labute approximate surface area is 96.6 Å². The molecule has 0 aliphatic heterocycles. The van der Waals surface area contributed by atoms with Crippen molar-refractivity contribution in [3.63, 3.8) is 0 Å². The summed E-state index contributed by atoms with van der Waals surface area (Å²) < 4.78 is 10.7. The summed E-state index contributed by atoms with van der Waals surface area (Å²) in [6.45, 7) is 2.41. The molecule has 3 nitrogen and oxygen atoms in total. The van der Waals surface area contributed by atoms with Gasteiger partial charge in [-0.2, -0.15) is 0 Å². The predicted molar refractivity (Wildman–Crippen MR) is 64.5 cm³/mol. The molecule has 0 spiro atoms. The molecule has 86 valence electrons. The van der Waals surface area contributed by atoms with Crippen LogP contribution < -0.4 is 15.2 Å². The summed E-state index contributed by atoms with van der Waals surface area (Å²) in [7, 11) is 1.61. The molecule has 1 unspecified atom stereocenters. The first-order chi connectivity index (χ1) is 7.69. The van der Waals surface area contributed by atoms with Crippen LogP contribution in [-0.2, 0) is 0 Å². The van der Waals surface area contributed by atoms with Gasteiger partial charge in [0.1, 0.15) is 0 Å². The van der Waals surface area contributed by atoms with Crippen LogP contribution in [0.25, 0.3) is 0 Å². The molecule has 0 aliphatic rings. The van der Waals surface area contributed by atoms with Gasteiger partial charge in [0.05, 0.1) is 13.7 Å². The Morgan fingerprint density at radius 3 is 2.75 bits per heavy atom. The Hall–Kier alpha value is -1.66. The van der Waals surface area contributed by atoms with E-state index in [9.17, 15) is 0 Å². The molecule has 0 fully saturated rings. The highest BCUT2D eigenvalue weighted by atomic mass is 16.5. The van der Waals surface area contributed by atoms with Crippen LogP contribution >= 0.6 is 0 Å². The summed E-state index contributed by atoms with van der Waals surface area (Å²) >= 11 is 0. The summed E-state index contributed by atoms with van der Waals surface area (Å²) in [6.07, 6.45) is 5.73. The second kappa shape index (κ2) is 6.04. The summed E-state index contributed by atoms with van der Waals surface area (Å²) in [5.41, 5.74) is 6.80. The Balaban J connectivity index is 2.81. The van der Waals surface area contributed by atoms with E-state index in [4.69, 9.17) is 21.6 Å². The number of rotatable bonds is 5. The van der Waals surface area contributed by atoms with Gasteiger partial charge in [0.15, 0.2) is 11.5 Å². The number of nitrogens with two attached hydrogens (primary N) is 1. The zero-order chi connectivity index (χ0) is 12.0. The van der Waals surface area contributed by atoms with Crippen LogP contribution in [0.15, 0.2) is 18.2 Å². The summed E-state index contributed by atoms with van der Waals surface area (Å²) in [5, 5.41) is 0. The van der Waals surface area contributed by atoms with Gasteiger partial charge in [-0.15, -0.1) is 12.3 Å². The van der Waals surface area contributed by atoms with Crippen LogP contribution in [0.3, 0.4) is 0 Å². The SMILES string of the molecule is C#CCCOc1ccc(C(C)N)cc1OC. The normalized spacial score (nSPS) is 11.6. The molecule has 0 radical (unpaired) electrons. The topological polar surface area (TPSA) is 44.5 Å². The molecule has 0 saturated carbocycles. The Morgan fingerprint density at radius 2 is 2.19 bits per heavy atom. The minimum atomic E-state index is -0.0198. The smallest absolute Gasteiger partial charge is 0.161 e. The lowest BCUT2D eigenvalue weighted by atomic mass is 10.1. The van der Waals surface area contributed by atoms with E-state index in [1.54, 1.807) is 7.11 Å². The third-order valence-corrected chi connectivity index (χ3v) is 2.22. The summed E-state index contributed by atoms with van der Waals surface area (Å²) in [6, 6.07) is 5.65. The molecule has 0 bridgehead atoms. The molecule has 0 aromatic heterocycles. The van der Waals surface area contributed by atoms with Crippen molar-refractivity contribution in [2.75, 3.05) is 13.7 Å². The highest BCUT2D eigenvalue weighted by molar-refractivity contribution is 5.43. The number of hydrogen-bond donors (Lipinski definition) is 1. The number of terminal acetylenes is 1. The van der Waals surface area contributed by atoms with Gasteiger partial charge in [0.2, 0.25) is 0 Å². The molecule has 1 rings (SSSR count). The maximum atomic E-state index is 5.79. The average Bonchev–Trinajstić information content (AvgIpc) is 2.29. The van der Waals surface area contributed by atoms with E-state index < -0.39 is 0 Å². The number of hydrogen-bond acceptors (Lipinski definition) is 3. The van der Waals surface area contributed by atoms with Gasteiger partial charge < -0.3 is 15.2 Å². The molecule has 1 aromatic carbocycles. The van der Waals surface area contributed by atoms with Crippen LogP contribution in [-0.4, -0.2) is 13.7 Å². The second-order valence-corrected chi connectivity index (χ2v) is 3.50. The Morgan fingerprint density at radius 1 is 1.44 bits per heavy atom. The lowest BCUT2D eigenvalue weighted by molar-refractivity contribution is 0.301. The van der Waals surface area contributed by atoms with Crippen molar-refractivity contribution in [3.8, 4) is 23.8 Å². The van der Waals surface area contributed by atoms with Crippen molar-refractivity contribution in [3.05, 3.63) is 23.8 Å². The highest BCUT2D eigenvalue weighted by Crippen LogP contribution is 2.29. The molecule has 1 aromatic rings. The standard InChI is InChI=1S/C13H17NO2/c1-4-5-8-16-12-7-6-11(10(2)14)9-13(12)15-3/h1,6-7,9-10H,5,8,14H2,2-3H3. The van der Waals surface area contributed by atoms with Gasteiger partial charge in [-0.05, 0) is 24.6 Å². The highest BCUT2D eigenvalue weighted by Gasteiger charge is 2.07.